The van der Waals surface area contributed by atoms with Gasteiger partial charge in [0.1, 0.15) is 0 Å². The van der Waals surface area contributed by atoms with Crippen molar-refractivity contribution in [2.75, 3.05) is 27.7 Å². The molecule has 1 aliphatic rings. The number of hydrogen-bond acceptors (Lipinski definition) is 0. The maximum absolute atomic E-state index is 2.21. The molecular formula is C13H20IN. The highest BCUT2D eigenvalue weighted by atomic mass is 127. The van der Waals surface area contributed by atoms with Crippen molar-refractivity contribution in [3.63, 3.8) is 0 Å². The van der Waals surface area contributed by atoms with Crippen LogP contribution in [0.1, 0.15) is 6.42 Å². The predicted molar refractivity (Wildman–Crippen MR) is 63.0 cm³/mol. The minimum absolute atomic E-state index is 0. The standard InChI is InChI=1S/C13H20N.HI/c1-14(2,3)12-8-7-11-13-9-5-4-6-10-13;/h5-11H,4,12H2,1-3H3;1H/q+1;/p-1/b8-7+;. The number of halogens is 1. The second-order valence-corrected chi connectivity index (χ2v) is 4.61. The Morgan fingerprint density at radius 1 is 1.20 bits per heavy atom. The van der Waals surface area contributed by atoms with Gasteiger partial charge in [-0.25, -0.2) is 0 Å². The molecule has 0 bridgehead atoms. The Labute approximate surface area is 110 Å². The lowest BCUT2D eigenvalue weighted by Gasteiger charge is -2.21. The Hall–Kier alpha value is -0.350. The van der Waals surface area contributed by atoms with Crippen LogP contribution in [0.5, 0.6) is 0 Å². The summed E-state index contributed by atoms with van der Waals surface area (Å²) >= 11 is 0. The summed E-state index contributed by atoms with van der Waals surface area (Å²) in [5.41, 5.74) is 1.29. The highest BCUT2D eigenvalue weighted by Crippen LogP contribution is 2.07. The second-order valence-electron chi connectivity index (χ2n) is 4.61. The van der Waals surface area contributed by atoms with Crippen molar-refractivity contribution in [2.24, 2.45) is 0 Å². The summed E-state index contributed by atoms with van der Waals surface area (Å²) in [6.45, 7) is 1.07. The van der Waals surface area contributed by atoms with Gasteiger partial charge in [0, 0.05) is 0 Å². The molecule has 1 nitrogen and oxygen atoms in total. The van der Waals surface area contributed by atoms with Crippen molar-refractivity contribution in [1.82, 2.24) is 0 Å². The molecule has 0 aromatic rings. The van der Waals surface area contributed by atoms with E-state index in [4.69, 9.17) is 0 Å². The number of nitrogens with zero attached hydrogens (tertiary/aromatic N) is 1. The summed E-state index contributed by atoms with van der Waals surface area (Å²) in [6.07, 6.45) is 16.3. The lowest BCUT2D eigenvalue weighted by atomic mass is 10.1. The first kappa shape index (κ1) is 14.6. The molecule has 2 heteroatoms. The summed E-state index contributed by atoms with van der Waals surface area (Å²) < 4.78 is 0.978. The van der Waals surface area contributed by atoms with E-state index in [1.807, 2.05) is 0 Å². The fraction of sp³-hybridized carbons (Fsp3) is 0.385. The molecule has 0 atom stereocenters. The third-order valence-corrected chi connectivity index (χ3v) is 1.97. The molecule has 0 saturated heterocycles. The van der Waals surface area contributed by atoms with Gasteiger partial charge in [-0.3, -0.25) is 0 Å². The Bertz CT molecular complexity index is 276. The van der Waals surface area contributed by atoms with Crippen LogP contribution in [0.15, 0.2) is 48.1 Å². The number of likely N-dealkylation sites (N-methyl/N-ethyl adjacent to an activating group) is 1. The molecule has 15 heavy (non-hydrogen) atoms. The Kier molecular flexibility index (Phi) is 6.85. The van der Waals surface area contributed by atoms with Crippen LogP contribution in [0.3, 0.4) is 0 Å². The summed E-state index contributed by atoms with van der Waals surface area (Å²) in [5, 5.41) is 0. The Morgan fingerprint density at radius 2 is 1.80 bits per heavy atom. The molecule has 1 aliphatic carbocycles. The van der Waals surface area contributed by atoms with Gasteiger partial charge >= 0.3 is 0 Å². The van der Waals surface area contributed by atoms with Crippen LogP contribution in [-0.2, 0) is 0 Å². The summed E-state index contributed by atoms with van der Waals surface area (Å²) in [7, 11) is 6.58. The first-order valence-electron chi connectivity index (χ1n) is 5.08. The normalized spacial score (nSPS) is 15.5. The van der Waals surface area contributed by atoms with Gasteiger partial charge in [0.15, 0.2) is 0 Å². The molecule has 0 unspecified atom stereocenters. The Balaban J connectivity index is 0.00000196. The van der Waals surface area contributed by atoms with E-state index in [9.17, 15) is 0 Å². The monoisotopic (exact) mass is 317 g/mol. The van der Waals surface area contributed by atoms with Gasteiger partial charge in [-0.2, -0.15) is 0 Å². The van der Waals surface area contributed by atoms with Gasteiger partial charge in [-0.05, 0) is 18.1 Å². The molecule has 1 rings (SSSR count). The van der Waals surface area contributed by atoms with Gasteiger partial charge < -0.3 is 28.5 Å². The average Bonchev–Trinajstić information content (AvgIpc) is 2.13. The van der Waals surface area contributed by atoms with E-state index in [-0.39, 0.29) is 24.0 Å². The molecule has 0 spiro atoms. The summed E-state index contributed by atoms with van der Waals surface area (Å²) in [6, 6.07) is 0. The minimum Gasteiger partial charge on any atom is -1.00 e. The SMILES string of the molecule is C[N+](C)(C)C/C=C/C=C1C=CCC=C1.[I-]. The molecule has 0 amide bonds. The van der Waals surface area contributed by atoms with Gasteiger partial charge in [0.2, 0.25) is 0 Å². The quantitative estimate of drug-likeness (QED) is 0.495. The predicted octanol–water partition coefficient (Wildman–Crippen LogP) is -0.305. The third-order valence-electron chi connectivity index (χ3n) is 1.97. The van der Waals surface area contributed by atoms with E-state index in [2.05, 4.69) is 63.7 Å². The highest BCUT2D eigenvalue weighted by molar-refractivity contribution is 5.36. The highest BCUT2D eigenvalue weighted by Gasteiger charge is 2.00. The maximum atomic E-state index is 2.21. The summed E-state index contributed by atoms with van der Waals surface area (Å²) in [4.78, 5) is 0. The van der Waals surface area contributed by atoms with Crippen molar-refractivity contribution in [3.05, 3.63) is 48.1 Å². The number of hydrogen-bond donors (Lipinski definition) is 0. The molecule has 0 radical (unpaired) electrons. The van der Waals surface area contributed by atoms with Crippen molar-refractivity contribution in [1.29, 1.82) is 0 Å². The lowest BCUT2D eigenvalue weighted by molar-refractivity contribution is -0.864. The van der Waals surface area contributed by atoms with E-state index < -0.39 is 0 Å². The summed E-state index contributed by atoms with van der Waals surface area (Å²) in [5.74, 6) is 0. The smallest absolute Gasteiger partial charge is 0.0970 e. The molecule has 0 aromatic carbocycles. The van der Waals surface area contributed by atoms with E-state index in [1.54, 1.807) is 0 Å². The Morgan fingerprint density at radius 3 is 2.33 bits per heavy atom. The van der Waals surface area contributed by atoms with E-state index in [0.29, 0.717) is 0 Å². The van der Waals surface area contributed by atoms with Crippen LogP contribution in [0.4, 0.5) is 0 Å². The van der Waals surface area contributed by atoms with Crippen molar-refractivity contribution >= 4 is 0 Å². The fourth-order valence-corrected chi connectivity index (χ4v) is 1.21. The van der Waals surface area contributed by atoms with Gasteiger partial charge in [0.05, 0.1) is 27.7 Å². The largest absolute Gasteiger partial charge is 1.00 e. The number of allylic oxidation sites excluding steroid dienone is 7. The molecule has 0 aromatic heterocycles. The second kappa shape index (κ2) is 7.01. The van der Waals surface area contributed by atoms with Crippen molar-refractivity contribution in [3.8, 4) is 0 Å². The van der Waals surface area contributed by atoms with E-state index in [0.717, 1.165) is 17.4 Å². The zero-order valence-corrected chi connectivity index (χ0v) is 11.9. The molecule has 0 fully saturated rings. The van der Waals surface area contributed by atoms with Crippen LogP contribution in [0.25, 0.3) is 0 Å². The molecule has 0 aliphatic heterocycles. The first-order chi connectivity index (χ1) is 6.58. The molecule has 0 saturated carbocycles. The van der Waals surface area contributed by atoms with Crippen LogP contribution in [-0.4, -0.2) is 32.2 Å². The molecule has 0 heterocycles. The van der Waals surface area contributed by atoms with Crippen molar-refractivity contribution in [2.45, 2.75) is 6.42 Å². The average molecular weight is 317 g/mol. The molecule has 84 valence electrons. The van der Waals surface area contributed by atoms with Crippen LogP contribution in [0, 0.1) is 0 Å². The minimum atomic E-state index is 0. The van der Waals surface area contributed by atoms with Crippen LogP contribution in [0.2, 0.25) is 0 Å². The molecular weight excluding hydrogens is 297 g/mol. The van der Waals surface area contributed by atoms with Gasteiger partial charge in [-0.1, -0.05) is 36.5 Å². The van der Waals surface area contributed by atoms with Crippen molar-refractivity contribution < 1.29 is 28.5 Å². The third kappa shape index (κ3) is 7.56. The lowest BCUT2D eigenvalue weighted by Crippen LogP contribution is -3.00. The zero-order chi connectivity index (χ0) is 10.4. The first-order valence-corrected chi connectivity index (χ1v) is 5.08. The fourth-order valence-electron chi connectivity index (χ4n) is 1.21. The topological polar surface area (TPSA) is 0 Å². The van der Waals surface area contributed by atoms with E-state index in [1.165, 1.54) is 5.57 Å². The molecule has 0 N–H and O–H groups in total. The van der Waals surface area contributed by atoms with Crippen LogP contribution >= 0.6 is 0 Å². The van der Waals surface area contributed by atoms with Gasteiger partial charge in [0.25, 0.3) is 0 Å². The number of rotatable bonds is 3. The zero-order valence-electron chi connectivity index (χ0n) is 9.78. The van der Waals surface area contributed by atoms with Crippen LogP contribution < -0.4 is 24.0 Å². The van der Waals surface area contributed by atoms with Gasteiger partial charge in [-0.15, -0.1) is 0 Å². The van der Waals surface area contributed by atoms with E-state index >= 15 is 0 Å². The maximum Gasteiger partial charge on any atom is 0.0970 e. The number of quaternary nitrogens is 1.